The molecule has 2 N–H and O–H groups in total. The van der Waals surface area contributed by atoms with Gasteiger partial charge in [-0.1, -0.05) is 32.1 Å². The van der Waals surface area contributed by atoms with E-state index in [2.05, 4.69) is 10.6 Å². The fourth-order valence-corrected chi connectivity index (χ4v) is 3.29. The Morgan fingerprint density at radius 1 is 0.909 bits per heavy atom. The molecule has 3 amide bonds. The Morgan fingerprint density at radius 2 is 1.55 bits per heavy atom. The van der Waals surface area contributed by atoms with Crippen LogP contribution in [-0.4, -0.2) is 30.6 Å². The molecule has 0 spiro atoms. The van der Waals surface area contributed by atoms with E-state index in [0.29, 0.717) is 12.3 Å². The quantitative estimate of drug-likeness (QED) is 0.763. The van der Waals surface area contributed by atoms with Crippen LogP contribution in [0.15, 0.2) is 0 Å². The second-order valence-electron chi connectivity index (χ2n) is 6.37. The van der Waals surface area contributed by atoms with Gasteiger partial charge < -0.3 is 10.1 Å². The average Bonchev–Trinajstić information content (AvgIpc) is 2.99. The van der Waals surface area contributed by atoms with E-state index < -0.39 is 11.9 Å². The highest BCUT2D eigenvalue weighted by atomic mass is 16.5. The van der Waals surface area contributed by atoms with Crippen LogP contribution in [0.5, 0.6) is 0 Å². The zero-order valence-corrected chi connectivity index (χ0v) is 13.1. The van der Waals surface area contributed by atoms with E-state index in [-0.39, 0.29) is 18.6 Å². The molecule has 0 bridgehead atoms. The number of urea groups is 1. The van der Waals surface area contributed by atoms with Crippen molar-refractivity contribution < 1.29 is 19.1 Å². The number of esters is 1. The summed E-state index contributed by atoms with van der Waals surface area (Å²) in [5, 5.41) is 4.99. The maximum absolute atomic E-state index is 11.7. The van der Waals surface area contributed by atoms with Gasteiger partial charge in [-0.2, -0.15) is 0 Å². The first-order chi connectivity index (χ1) is 10.6. The second kappa shape index (κ2) is 8.76. The number of amides is 3. The smallest absolute Gasteiger partial charge is 0.321 e. The Hall–Kier alpha value is -1.59. The molecule has 6 nitrogen and oxygen atoms in total. The number of hydrogen-bond donors (Lipinski definition) is 2. The van der Waals surface area contributed by atoms with Gasteiger partial charge in [0.05, 0.1) is 0 Å². The van der Waals surface area contributed by atoms with Crippen LogP contribution in [0.4, 0.5) is 4.79 Å². The molecule has 2 aliphatic rings. The van der Waals surface area contributed by atoms with E-state index in [1.165, 1.54) is 19.3 Å². The summed E-state index contributed by atoms with van der Waals surface area (Å²) in [5.41, 5.74) is 0. The minimum Gasteiger partial charge on any atom is -0.456 e. The molecular weight excluding hydrogens is 284 g/mol. The highest BCUT2D eigenvalue weighted by Crippen LogP contribution is 2.27. The van der Waals surface area contributed by atoms with Crippen molar-refractivity contribution in [3.63, 3.8) is 0 Å². The fourth-order valence-electron chi connectivity index (χ4n) is 3.29. The van der Waals surface area contributed by atoms with Crippen LogP contribution in [0.1, 0.15) is 64.2 Å². The molecule has 2 aliphatic carbocycles. The summed E-state index contributed by atoms with van der Waals surface area (Å²) < 4.78 is 4.93. The lowest BCUT2D eigenvalue weighted by Gasteiger charge is -2.22. The van der Waals surface area contributed by atoms with Crippen molar-refractivity contribution in [2.75, 3.05) is 6.61 Å². The van der Waals surface area contributed by atoms with Crippen molar-refractivity contribution in [3.05, 3.63) is 0 Å². The van der Waals surface area contributed by atoms with Crippen molar-refractivity contribution in [2.45, 2.75) is 70.3 Å². The van der Waals surface area contributed by atoms with Gasteiger partial charge in [-0.05, 0) is 31.6 Å². The van der Waals surface area contributed by atoms with Gasteiger partial charge in [0.25, 0.3) is 5.91 Å². The number of imide groups is 1. The molecule has 0 aliphatic heterocycles. The number of nitrogens with one attached hydrogen (secondary N) is 2. The zero-order valence-electron chi connectivity index (χ0n) is 13.1. The molecule has 2 saturated carbocycles. The Kier molecular flexibility index (Phi) is 6.68. The monoisotopic (exact) mass is 310 g/mol. The lowest BCUT2D eigenvalue weighted by Crippen LogP contribution is -2.46. The molecule has 124 valence electrons. The van der Waals surface area contributed by atoms with Crippen molar-refractivity contribution >= 4 is 17.9 Å². The highest BCUT2D eigenvalue weighted by molar-refractivity contribution is 5.95. The first-order valence-corrected chi connectivity index (χ1v) is 8.39. The molecule has 0 unspecified atom stereocenters. The zero-order chi connectivity index (χ0) is 15.8. The van der Waals surface area contributed by atoms with Gasteiger partial charge in [-0.25, -0.2) is 4.79 Å². The second-order valence-corrected chi connectivity index (χ2v) is 6.37. The van der Waals surface area contributed by atoms with E-state index in [1.807, 2.05) is 0 Å². The van der Waals surface area contributed by atoms with Crippen LogP contribution >= 0.6 is 0 Å². The third-order valence-electron chi connectivity index (χ3n) is 4.49. The maximum atomic E-state index is 11.7. The molecule has 0 radical (unpaired) electrons. The first-order valence-electron chi connectivity index (χ1n) is 8.39. The lowest BCUT2D eigenvalue weighted by molar-refractivity contribution is -0.149. The molecule has 0 aromatic carbocycles. The standard InChI is InChI=1S/C16H26N2O4/c19-14(11-22-15(20)10-12-6-4-5-7-12)18-16(21)17-13-8-2-1-3-9-13/h12-13H,1-11H2,(H2,17,18,19,21). The summed E-state index contributed by atoms with van der Waals surface area (Å²) in [5.74, 6) is -0.534. The third kappa shape index (κ3) is 6.03. The molecule has 22 heavy (non-hydrogen) atoms. The van der Waals surface area contributed by atoms with Crippen molar-refractivity contribution in [3.8, 4) is 0 Å². The predicted molar refractivity (Wildman–Crippen MR) is 81.1 cm³/mol. The van der Waals surface area contributed by atoms with Gasteiger partial charge in [0.15, 0.2) is 6.61 Å². The maximum Gasteiger partial charge on any atom is 0.321 e. The molecule has 0 atom stereocenters. The van der Waals surface area contributed by atoms with Crippen LogP contribution in [0.25, 0.3) is 0 Å². The van der Waals surface area contributed by atoms with E-state index in [9.17, 15) is 14.4 Å². The minimum absolute atomic E-state index is 0.145. The Balaban J connectivity index is 1.58. The Labute approximate surface area is 131 Å². The summed E-state index contributed by atoms with van der Waals surface area (Å²) in [6, 6.07) is -0.352. The molecule has 0 saturated heterocycles. The van der Waals surface area contributed by atoms with Gasteiger partial charge >= 0.3 is 12.0 Å². The van der Waals surface area contributed by atoms with Crippen molar-refractivity contribution in [2.24, 2.45) is 5.92 Å². The third-order valence-corrected chi connectivity index (χ3v) is 4.49. The van der Waals surface area contributed by atoms with Gasteiger partial charge in [0.2, 0.25) is 0 Å². The molecule has 0 heterocycles. The van der Waals surface area contributed by atoms with Crippen LogP contribution in [0.2, 0.25) is 0 Å². The summed E-state index contributed by atoms with van der Waals surface area (Å²) in [4.78, 5) is 34.9. The average molecular weight is 310 g/mol. The highest BCUT2D eigenvalue weighted by Gasteiger charge is 2.20. The molecule has 2 fully saturated rings. The molecule has 0 aromatic rings. The number of carbonyl (C=O) groups excluding carboxylic acids is 3. The molecular formula is C16H26N2O4. The van der Waals surface area contributed by atoms with E-state index in [0.717, 1.165) is 38.5 Å². The van der Waals surface area contributed by atoms with E-state index in [1.54, 1.807) is 0 Å². The number of carbonyl (C=O) groups is 3. The van der Waals surface area contributed by atoms with Crippen LogP contribution in [0, 0.1) is 5.92 Å². The molecule has 6 heteroatoms. The molecule has 0 aromatic heterocycles. The summed E-state index contributed by atoms with van der Waals surface area (Å²) >= 11 is 0. The van der Waals surface area contributed by atoms with Crippen molar-refractivity contribution in [1.82, 2.24) is 10.6 Å². The van der Waals surface area contributed by atoms with Crippen LogP contribution < -0.4 is 10.6 Å². The number of rotatable bonds is 5. The Morgan fingerprint density at radius 3 is 2.23 bits per heavy atom. The largest absolute Gasteiger partial charge is 0.456 e. The SMILES string of the molecule is O=C(COC(=O)CC1CCCC1)NC(=O)NC1CCCCC1. The normalized spacial score (nSPS) is 19.6. The summed E-state index contributed by atoms with van der Waals surface area (Å²) in [6.45, 7) is -0.385. The van der Waals surface area contributed by atoms with Gasteiger partial charge in [0.1, 0.15) is 0 Å². The minimum atomic E-state index is -0.576. The Bertz CT molecular complexity index is 399. The van der Waals surface area contributed by atoms with Crippen LogP contribution in [0.3, 0.4) is 0 Å². The predicted octanol–water partition coefficient (Wildman–Crippen LogP) is 2.27. The van der Waals surface area contributed by atoms with Gasteiger partial charge in [-0.15, -0.1) is 0 Å². The van der Waals surface area contributed by atoms with Crippen LogP contribution in [-0.2, 0) is 14.3 Å². The lowest BCUT2D eigenvalue weighted by atomic mass is 9.96. The first kappa shape index (κ1) is 16.8. The number of ether oxygens (including phenoxy) is 1. The van der Waals surface area contributed by atoms with E-state index in [4.69, 9.17) is 4.74 Å². The summed E-state index contributed by atoms with van der Waals surface area (Å²) in [6.07, 6.45) is 10.2. The van der Waals surface area contributed by atoms with Gasteiger partial charge in [-0.3, -0.25) is 14.9 Å². The molecule has 2 rings (SSSR count). The van der Waals surface area contributed by atoms with Gasteiger partial charge in [0, 0.05) is 12.5 Å². The van der Waals surface area contributed by atoms with Crippen molar-refractivity contribution in [1.29, 1.82) is 0 Å². The topological polar surface area (TPSA) is 84.5 Å². The number of hydrogen-bond acceptors (Lipinski definition) is 4. The fraction of sp³-hybridized carbons (Fsp3) is 0.812. The van der Waals surface area contributed by atoms with E-state index >= 15 is 0 Å². The summed E-state index contributed by atoms with van der Waals surface area (Å²) in [7, 11) is 0.